The van der Waals surface area contributed by atoms with E-state index in [9.17, 15) is 14.4 Å². The van der Waals surface area contributed by atoms with Crippen LogP contribution in [0.15, 0.2) is 57.2 Å². The number of benzene rings is 2. The fraction of sp³-hybridized carbons (Fsp3) is 0.240. The molecule has 0 saturated carbocycles. The van der Waals surface area contributed by atoms with Gasteiger partial charge in [0.05, 0.1) is 11.4 Å². The van der Waals surface area contributed by atoms with Gasteiger partial charge in [0.1, 0.15) is 5.82 Å². The lowest BCUT2D eigenvalue weighted by Gasteiger charge is -2.14. The average molecular weight is 491 g/mol. The fourth-order valence-corrected chi connectivity index (χ4v) is 4.63. The Kier molecular flexibility index (Phi) is 7.02. The van der Waals surface area contributed by atoms with Crippen molar-refractivity contribution in [1.82, 2.24) is 24.7 Å². The Bertz CT molecular complexity index is 1470. The van der Waals surface area contributed by atoms with Gasteiger partial charge in [-0.25, -0.2) is 4.79 Å². The van der Waals surface area contributed by atoms with Gasteiger partial charge in [0.15, 0.2) is 5.16 Å². The molecule has 0 atom stereocenters. The van der Waals surface area contributed by atoms with Crippen LogP contribution in [-0.2, 0) is 11.2 Å². The monoisotopic (exact) mass is 490 g/mol. The molecule has 0 radical (unpaired) electrons. The van der Waals surface area contributed by atoms with Gasteiger partial charge in [0.2, 0.25) is 5.91 Å². The van der Waals surface area contributed by atoms with Crippen LogP contribution in [0.1, 0.15) is 33.8 Å². The molecule has 3 N–H and O–H groups in total. The van der Waals surface area contributed by atoms with Crippen molar-refractivity contribution in [2.45, 2.75) is 39.3 Å². The summed E-state index contributed by atoms with van der Waals surface area (Å²) in [6.45, 7) is 7.94. The standard InChI is InChI=1S/C25H26N6O3S/c1-14-5-6-17(4)20(10-14)31-21(11-19-12-22(32)28-24(34)27-19)29-30-25(31)35-13-23(33)26-18-8-15(2)7-16(3)9-18/h5-10,12H,11,13H2,1-4H3,(H,26,33)(H2,27,28,32,34). The number of amides is 1. The van der Waals surface area contributed by atoms with Crippen molar-refractivity contribution in [2.75, 3.05) is 11.1 Å². The normalized spacial score (nSPS) is 11.0. The van der Waals surface area contributed by atoms with Crippen LogP contribution in [0.2, 0.25) is 0 Å². The molecular formula is C25H26N6O3S. The van der Waals surface area contributed by atoms with Crippen LogP contribution in [0.25, 0.3) is 5.69 Å². The Hall–Kier alpha value is -3.92. The van der Waals surface area contributed by atoms with E-state index in [1.165, 1.54) is 17.8 Å². The minimum atomic E-state index is -0.581. The number of nitrogens with zero attached hydrogens (tertiary/aromatic N) is 3. The molecule has 0 fully saturated rings. The molecule has 0 bridgehead atoms. The zero-order valence-electron chi connectivity index (χ0n) is 19.9. The van der Waals surface area contributed by atoms with E-state index in [-0.39, 0.29) is 18.1 Å². The van der Waals surface area contributed by atoms with Crippen LogP contribution in [0.3, 0.4) is 0 Å². The first kappa shape index (κ1) is 24.2. The molecule has 0 saturated heterocycles. The van der Waals surface area contributed by atoms with Gasteiger partial charge in [-0.2, -0.15) is 0 Å². The maximum Gasteiger partial charge on any atom is 0.325 e. The predicted molar refractivity (Wildman–Crippen MR) is 137 cm³/mol. The molecule has 0 spiro atoms. The third-order valence-electron chi connectivity index (χ3n) is 5.31. The third-order valence-corrected chi connectivity index (χ3v) is 6.24. The van der Waals surface area contributed by atoms with E-state index in [0.29, 0.717) is 16.7 Å². The second-order valence-electron chi connectivity index (χ2n) is 8.53. The Morgan fingerprint density at radius 2 is 1.69 bits per heavy atom. The molecular weight excluding hydrogens is 464 g/mol. The van der Waals surface area contributed by atoms with E-state index in [1.54, 1.807) is 0 Å². The van der Waals surface area contributed by atoms with E-state index in [2.05, 4.69) is 25.5 Å². The molecule has 0 aliphatic heterocycles. The number of thioether (sulfide) groups is 1. The zero-order valence-corrected chi connectivity index (χ0v) is 20.7. The molecule has 35 heavy (non-hydrogen) atoms. The number of H-pyrrole nitrogens is 2. The van der Waals surface area contributed by atoms with Crippen molar-refractivity contribution >= 4 is 23.4 Å². The molecule has 2 aromatic carbocycles. The quantitative estimate of drug-likeness (QED) is 0.342. The zero-order chi connectivity index (χ0) is 25.1. The van der Waals surface area contributed by atoms with Gasteiger partial charge in [-0.15, -0.1) is 10.2 Å². The third kappa shape index (κ3) is 5.96. The highest BCUT2D eigenvalue weighted by Crippen LogP contribution is 2.26. The van der Waals surface area contributed by atoms with Gasteiger partial charge in [0.25, 0.3) is 5.56 Å². The fourth-order valence-electron chi connectivity index (χ4n) is 3.87. The Labute approximate surface area is 206 Å². The molecule has 0 aliphatic carbocycles. The number of aryl methyl sites for hydroxylation is 4. The Balaban J connectivity index is 1.63. The molecule has 9 nitrogen and oxygen atoms in total. The van der Waals surface area contributed by atoms with Gasteiger partial charge >= 0.3 is 5.69 Å². The molecule has 2 aromatic heterocycles. The second-order valence-corrected chi connectivity index (χ2v) is 9.47. The average Bonchev–Trinajstić information content (AvgIpc) is 3.14. The minimum Gasteiger partial charge on any atom is -0.325 e. The predicted octanol–water partition coefficient (Wildman–Crippen LogP) is 3.20. The highest BCUT2D eigenvalue weighted by atomic mass is 32.2. The number of hydrogen-bond donors (Lipinski definition) is 3. The number of aromatic amines is 2. The summed E-state index contributed by atoms with van der Waals surface area (Å²) in [4.78, 5) is 41.0. The molecule has 1 amide bonds. The van der Waals surface area contributed by atoms with Crippen LogP contribution in [-0.4, -0.2) is 36.4 Å². The highest BCUT2D eigenvalue weighted by molar-refractivity contribution is 7.99. The van der Waals surface area contributed by atoms with Gasteiger partial charge in [-0.05, 0) is 68.1 Å². The van der Waals surface area contributed by atoms with Crippen LogP contribution in [0, 0.1) is 27.7 Å². The summed E-state index contributed by atoms with van der Waals surface area (Å²) in [5.74, 6) is 0.519. The summed E-state index contributed by atoms with van der Waals surface area (Å²) in [5, 5.41) is 12.1. The first-order valence-corrected chi connectivity index (χ1v) is 12.0. The molecule has 0 aliphatic rings. The van der Waals surface area contributed by atoms with Gasteiger partial charge in [-0.1, -0.05) is 30.0 Å². The smallest absolute Gasteiger partial charge is 0.325 e. The summed E-state index contributed by atoms with van der Waals surface area (Å²) in [6.07, 6.45) is 0.189. The maximum atomic E-state index is 12.7. The van der Waals surface area contributed by atoms with Gasteiger partial charge < -0.3 is 10.3 Å². The molecule has 4 aromatic rings. The first-order chi connectivity index (χ1) is 16.7. The summed E-state index contributed by atoms with van der Waals surface area (Å²) in [7, 11) is 0. The summed E-state index contributed by atoms with van der Waals surface area (Å²) in [5.41, 5.74) is 5.17. The second kappa shape index (κ2) is 10.1. The number of carbonyl (C=O) groups excluding carboxylic acids is 1. The van der Waals surface area contributed by atoms with Crippen molar-refractivity contribution in [3.8, 4) is 5.69 Å². The SMILES string of the molecule is Cc1cc(C)cc(NC(=O)CSc2nnc(Cc3cc(=O)[nH]c(=O)[nH]3)n2-c2cc(C)ccc2C)c1. The highest BCUT2D eigenvalue weighted by Gasteiger charge is 2.18. The molecule has 4 rings (SSSR count). The lowest BCUT2D eigenvalue weighted by atomic mass is 10.1. The van der Waals surface area contributed by atoms with Gasteiger partial charge in [-0.3, -0.25) is 19.1 Å². The maximum absolute atomic E-state index is 12.7. The van der Waals surface area contributed by atoms with Crippen LogP contribution in [0.5, 0.6) is 0 Å². The summed E-state index contributed by atoms with van der Waals surface area (Å²) in [6, 6.07) is 13.3. The van der Waals surface area contributed by atoms with Crippen molar-refractivity contribution in [3.63, 3.8) is 0 Å². The van der Waals surface area contributed by atoms with E-state index in [1.807, 2.05) is 68.7 Å². The number of nitrogens with one attached hydrogen (secondary N) is 3. The number of rotatable bonds is 7. The number of hydrogen-bond acceptors (Lipinski definition) is 6. The largest absolute Gasteiger partial charge is 0.325 e. The molecule has 2 heterocycles. The van der Waals surface area contributed by atoms with Crippen LogP contribution < -0.4 is 16.6 Å². The minimum absolute atomic E-state index is 0.137. The number of aromatic nitrogens is 5. The summed E-state index contributed by atoms with van der Waals surface area (Å²) < 4.78 is 1.87. The molecule has 0 unspecified atom stereocenters. The van der Waals surface area contributed by atoms with E-state index in [4.69, 9.17) is 0 Å². The van der Waals surface area contributed by atoms with Crippen LogP contribution in [0.4, 0.5) is 5.69 Å². The van der Waals surface area contributed by atoms with Crippen molar-refractivity contribution < 1.29 is 4.79 Å². The molecule has 10 heteroatoms. The van der Waals surface area contributed by atoms with Gasteiger partial charge in [0, 0.05) is 23.9 Å². The lowest BCUT2D eigenvalue weighted by Crippen LogP contribution is -2.23. The topological polar surface area (TPSA) is 126 Å². The first-order valence-electron chi connectivity index (χ1n) is 11.0. The van der Waals surface area contributed by atoms with Crippen molar-refractivity contribution in [3.05, 3.63) is 97.1 Å². The Morgan fingerprint density at radius 1 is 0.943 bits per heavy atom. The number of carbonyl (C=O) groups is 1. The summed E-state index contributed by atoms with van der Waals surface area (Å²) >= 11 is 1.27. The van der Waals surface area contributed by atoms with E-state index >= 15 is 0 Å². The molecule has 180 valence electrons. The Morgan fingerprint density at radius 3 is 2.40 bits per heavy atom. The lowest BCUT2D eigenvalue weighted by molar-refractivity contribution is -0.113. The van der Waals surface area contributed by atoms with Crippen molar-refractivity contribution in [2.24, 2.45) is 0 Å². The van der Waals surface area contributed by atoms with E-state index < -0.39 is 11.2 Å². The van der Waals surface area contributed by atoms with Crippen LogP contribution >= 0.6 is 11.8 Å². The van der Waals surface area contributed by atoms with Crippen molar-refractivity contribution in [1.29, 1.82) is 0 Å². The number of anilines is 1. The van der Waals surface area contributed by atoms with E-state index in [0.717, 1.165) is 33.6 Å².